The van der Waals surface area contributed by atoms with Gasteiger partial charge in [-0.3, -0.25) is 4.79 Å². The van der Waals surface area contributed by atoms with Gasteiger partial charge >= 0.3 is 0 Å². The molecule has 2 heterocycles. The van der Waals surface area contributed by atoms with E-state index in [9.17, 15) is 13.6 Å². The average molecular weight is 341 g/mol. The van der Waals surface area contributed by atoms with Crippen molar-refractivity contribution in [3.05, 3.63) is 35.4 Å². The molecule has 0 radical (unpaired) electrons. The monoisotopic (exact) mass is 341 g/mol. The number of likely N-dealkylation sites (tertiary alicyclic amines) is 1. The zero-order chi connectivity index (χ0) is 16.2. The summed E-state index contributed by atoms with van der Waals surface area (Å²) in [6.07, 6.45) is 3.78. The molecule has 1 atom stereocenters. The summed E-state index contributed by atoms with van der Waals surface area (Å²) in [5.41, 5.74) is 0.372. The third-order valence-electron chi connectivity index (χ3n) is 4.38. The highest BCUT2D eigenvalue weighted by molar-refractivity contribution is 8.01. The van der Waals surface area contributed by atoms with Crippen LogP contribution in [0.5, 0.6) is 0 Å². The number of hydrogen-bond acceptors (Lipinski definition) is 3. The normalized spacial score (nSPS) is 23.3. The maximum Gasteiger partial charge on any atom is 0.236 e. The lowest BCUT2D eigenvalue weighted by molar-refractivity contribution is -0.133. The quantitative estimate of drug-likeness (QED) is 0.841. The smallest absolute Gasteiger partial charge is 0.236 e. The van der Waals surface area contributed by atoms with Gasteiger partial charge in [0.05, 0.1) is 5.25 Å². The van der Waals surface area contributed by atoms with Crippen molar-refractivity contribution in [1.29, 1.82) is 0 Å². The van der Waals surface area contributed by atoms with Gasteiger partial charge < -0.3 is 9.64 Å². The molecule has 2 fully saturated rings. The number of rotatable bonds is 4. The Kier molecular flexibility index (Phi) is 5.54. The summed E-state index contributed by atoms with van der Waals surface area (Å²) < 4.78 is 32.2. The first-order valence-corrected chi connectivity index (χ1v) is 9.03. The fourth-order valence-corrected chi connectivity index (χ4v) is 4.59. The summed E-state index contributed by atoms with van der Waals surface area (Å²) in [5.74, 6) is -1.10. The minimum atomic E-state index is -0.593. The van der Waals surface area contributed by atoms with Crippen molar-refractivity contribution >= 4 is 17.7 Å². The number of hydrogen-bond donors (Lipinski definition) is 0. The van der Waals surface area contributed by atoms with Gasteiger partial charge in [-0.25, -0.2) is 8.78 Å². The first-order valence-electron chi connectivity index (χ1n) is 8.09. The van der Waals surface area contributed by atoms with Gasteiger partial charge in [-0.05, 0) is 31.7 Å². The number of benzene rings is 1. The second kappa shape index (κ2) is 7.62. The zero-order valence-electron chi connectivity index (χ0n) is 13.0. The van der Waals surface area contributed by atoms with Gasteiger partial charge in [0.2, 0.25) is 5.91 Å². The molecule has 1 aromatic carbocycles. The Balaban J connectivity index is 1.62. The van der Waals surface area contributed by atoms with Crippen LogP contribution in [0.25, 0.3) is 0 Å². The van der Waals surface area contributed by atoms with Crippen molar-refractivity contribution in [2.75, 3.05) is 19.8 Å². The van der Waals surface area contributed by atoms with E-state index in [1.807, 2.05) is 0 Å². The van der Waals surface area contributed by atoms with Gasteiger partial charge in [0, 0.05) is 43.2 Å². The molecule has 2 aliphatic rings. The third-order valence-corrected chi connectivity index (χ3v) is 6.00. The fourth-order valence-electron chi connectivity index (χ4n) is 3.09. The van der Waals surface area contributed by atoms with Crippen LogP contribution in [0.2, 0.25) is 0 Å². The molecule has 0 aromatic heterocycles. The molecule has 1 aromatic rings. The third kappa shape index (κ3) is 4.23. The number of carbonyl (C=O) groups is 1. The lowest BCUT2D eigenvalue weighted by Gasteiger charge is -2.34. The lowest BCUT2D eigenvalue weighted by Crippen LogP contribution is -2.43. The van der Waals surface area contributed by atoms with Crippen LogP contribution in [0.3, 0.4) is 0 Å². The second-order valence-electron chi connectivity index (χ2n) is 6.07. The number of halogens is 2. The molecule has 0 N–H and O–H groups in total. The standard InChI is InChI=1S/C17H21F2NO2S/c18-13-4-3-12(15(19)10-13)11-20-7-1-2-16(17(20)21)23-14-5-8-22-9-6-14/h3-4,10,14,16H,1-2,5-9,11H2/t16-/m0/s1. The second-order valence-corrected chi connectivity index (χ2v) is 7.58. The van der Waals surface area contributed by atoms with Gasteiger partial charge in [-0.1, -0.05) is 6.07 Å². The van der Waals surface area contributed by atoms with Crippen LogP contribution in [0.4, 0.5) is 8.78 Å². The number of amides is 1. The molecule has 23 heavy (non-hydrogen) atoms. The predicted octanol–water partition coefficient (Wildman–Crippen LogP) is 3.37. The van der Waals surface area contributed by atoms with Gasteiger partial charge in [0.1, 0.15) is 11.6 Å². The highest BCUT2D eigenvalue weighted by Crippen LogP contribution is 2.32. The van der Waals surface area contributed by atoms with Gasteiger partial charge in [-0.15, -0.1) is 11.8 Å². The Morgan fingerprint density at radius 3 is 2.74 bits per heavy atom. The molecule has 3 nitrogen and oxygen atoms in total. The van der Waals surface area contributed by atoms with Gasteiger partial charge in [-0.2, -0.15) is 0 Å². The largest absolute Gasteiger partial charge is 0.381 e. The minimum absolute atomic E-state index is 0.0460. The van der Waals surface area contributed by atoms with Crippen molar-refractivity contribution in [2.45, 2.75) is 42.7 Å². The average Bonchev–Trinajstić information content (AvgIpc) is 2.54. The Morgan fingerprint density at radius 2 is 2.00 bits per heavy atom. The number of ether oxygens (including phenoxy) is 1. The topological polar surface area (TPSA) is 29.5 Å². The number of nitrogens with zero attached hydrogens (tertiary/aromatic N) is 1. The van der Waals surface area contributed by atoms with Crippen LogP contribution >= 0.6 is 11.8 Å². The molecule has 126 valence electrons. The fraction of sp³-hybridized carbons (Fsp3) is 0.588. The Bertz CT molecular complexity index is 564. The zero-order valence-corrected chi connectivity index (χ0v) is 13.8. The number of thioether (sulfide) groups is 1. The van der Waals surface area contributed by atoms with Crippen LogP contribution in [0, 0.1) is 11.6 Å². The molecule has 6 heteroatoms. The molecule has 2 saturated heterocycles. The van der Waals surface area contributed by atoms with Crippen molar-refractivity contribution in [3.63, 3.8) is 0 Å². The molecule has 2 aliphatic heterocycles. The first-order chi connectivity index (χ1) is 11.1. The van der Waals surface area contributed by atoms with E-state index in [0.717, 1.165) is 45.0 Å². The molecule has 3 rings (SSSR count). The minimum Gasteiger partial charge on any atom is -0.381 e. The van der Waals surface area contributed by atoms with Crippen molar-refractivity contribution in [2.24, 2.45) is 0 Å². The summed E-state index contributed by atoms with van der Waals surface area (Å²) in [6.45, 7) is 2.39. The van der Waals surface area contributed by atoms with E-state index in [0.29, 0.717) is 17.4 Å². The van der Waals surface area contributed by atoms with E-state index in [1.54, 1.807) is 16.7 Å². The van der Waals surface area contributed by atoms with Crippen molar-refractivity contribution in [1.82, 2.24) is 4.90 Å². The highest BCUT2D eigenvalue weighted by Gasteiger charge is 2.32. The van der Waals surface area contributed by atoms with Crippen LogP contribution in [-0.4, -0.2) is 41.1 Å². The maximum absolute atomic E-state index is 13.8. The molecule has 0 aliphatic carbocycles. The SMILES string of the molecule is O=C1[C@@H](SC2CCOCC2)CCCN1Cc1ccc(F)cc1F. The predicted molar refractivity (Wildman–Crippen MR) is 86.2 cm³/mol. The number of carbonyl (C=O) groups excluding carboxylic acids is 1. The Labute approximate surface area is 139 Å². The highest BCUT2D eigenvalue weighted by atomic mass is 32.2. The summed E-state index contributed by atoms with van der Waals surface area (Å²) in [7, 11) is 0. The van der Waals surface area contributed by atoms with Crippen LogP contribution < -0.4 is 0 Å². The van der Waals surface area contributed by atoms with Crippen LogP contribution in [0.15, 0.2) is 18.2 Å². The number of piperidine rings is 1. The van der Waals surface area contributed by atoms with E-state index >= 15 is 0 Å². The van der Waals surface area contributed by atoms with E-state index in [1.165, 1.54) is 12.1 Å². The summed E-state index contributed by atoms with van der Waals surface area (Å²) in [4.78, 5) is 14.4. The summed E-state index contributed by atoms with van der Waals surface area (Å²) in [6, 6.07) is 3.53. The lowest BCUT2D eigenvalue weighted by atomic mass is 10.1. The molecule has 0 unspecified atom stereocenters. The van der Waals surface area contributed by atoms with Gasteiger partial charge in [0.15, 0.2) is 0 Å². The molecular weight excluding hydrogens is 320 g/mol. The van der Waals surface area contributed by atoms with E-state index in [-0.39, 0.29) is 17.7 Å². The van der Waals surface area contributed by atoms with E-state index in [2.05, 4.69) is 0 Å². The first kappa shape index (κ1) is 16.7. The van der Waals surface area contributed by atoms with Crippen molar-refractivity contribution in [3.8, 4) is 0 Å². The summed E-state index contributed by atoms with van der Waals surface area (Å²) >= 11 is 1.75. The Hall–Kier alpha value is -1.14. The Morgan fingerprint density at radius 1 is 1.22 bits per heavy atom. The molecule has 0 bridgehead atoms. The maximum atomic E-state index is 13.8. The molecule has 0 saturated carbocycles. The van der Waals surface area contributed by atoms with E-state index in [4.69, 9.17) is 4.74 Å². The molecular formula is C17H21F2NO2S. The van der Waals surface area contributed by atoms with Crippen molar-refractivity contribution < 1.29 is 18.3 Å². The molecule has 0 spiro atoms. The molecule has 1 amide bonds. The van der Waals surface area contributed by atoms with Gasteiger partial charge in [0.25, 0.3) is 0 Å². The van der Waals surface area contributed by atoms with E-state index < -0.39 is 11.6 Å². The van der Waals surface area contributed by atoms with Crippen LogP contribution in [0.1, 0.15) is 31.2 Å². The summed E-state index contributed by atoms with van der Waals surface area (Å²) in [5, 5.41) is 0.426. The van der Waals surface area contributed by atoms with Crippen LogP contribution in [-0.2, 0) is 16.1 Å².